The van der Waals surface area contributed by atoms with Gasteiger partial charge >= 0.3 is 0 Å². The lowest BCUT2D eigenvalue weighted by Crippen LogP contribution is -1.66. The van der Waals surface area contributed by atoms with Crippen LogP contribution in [0, 0.1) is 3.57 Å². The Labute approximate surface area is 77.0 Å². The number of benzene rings is 1. The highest BCUT2D eigenvalue weighted by Gasteiger charge is 1.92. The number of halogens is 1. The Morgan fingerprint density at radius 3 is 2.80 bits per heavy atom. The second-order valence-corrected chi connectivity index (χ2v) is 4.13. The quantitative estimate of drug-likeness (QED) is 0.636. The van der Waals surface area contributed by atoms with Gasteiger partial charge in [-0.2, -0.15) is 11.3 Å². The van der Waals surface area contributed by atoms with Gasteiger partial charge in [0.25, 0.3) is 0 Å². The fraction of sp³-hybridized carbons (Fsp3) is 0. The molecule has 1 heterocycles. The number of hydrogen-bond acceptors (Lipinski definition) is 1. The minimum absolute atomic E-state index is 1.31. The topological polar surface area (TPSA) is 0 Å². The third kappa shape index (κ3) is 1.06. The van der Waals surface area contributed by atoms with E-state index in [2.05, 4.69) is 51.6 Å². The molecule has 0 bridgehead atoms. The van der Waals surface area contributed by atoms with Crippen LogP contribution in [-0.2, 0) is 0 Å². The first-order valence-electron chi connectivity index (χ1n) is 2.98. The zero-order chi connectivity index (χ0) is 6.97. The zero-order valence-corrected chi connectivity index (χ0v) is 8.15. The van der Waals surface area contributed by atoms with Gasteiger partial charge in [0.15, 0.2) is 0 Å². The molecule has 0 spiro atoms. The van der Waals surface area contributed by atoms with Crippen molar-refractivity contribution < 1.29 is 0 Å². The van der Waals surface area contributed by atoms with Crippen molar-refractivity contribution in [3.63, 3.8) is 0 Å². The highest BCUT2D eigenvalue weighted by atomic mass is 127. The molecular formula is C8H5IS. The van der Waals surface area contributed by atoms with Crippen LogP contribution in [0.2, 0.25) is 0 Å². The molecule has 0 N–H and O–H groups in total. The standard InChI is InChI=1S/C8H5IS/c9-8-2-1-6-4-10-5-7(6)3-8/h1-5H. The molecule has 0 radical (unpaired) electrons. The van der Waals surface area contributed by atoms with Crippen LogP contribution in [0.15, 0.2) is 29.0 Å². The lowest BCUT2D eigenvalue weighted by atomic mass is 10.2. The summed E-state index contributed by atoms with van der Waals surface area (Å²) in [4.78, 5) is 0. The smallest absolute Gasteiger partial charge is 0.0136 e. The van der Waals surface area contributed by atoms with E-state index in [0.717, 1.165) is 0 Å². The molecular weight excluding hydrogens is 255 g/mol. The van der Waals surface area contributed by atoms with Gasteiger partial charge in [-0.15, -0.1) is 0 Å². The van der Waals surface area contributed by atoms with E-state index in [9.17, 15) is 0 Å². The van der Waals surface area contributed by atoms with Crippen LogP contribution in [0.1, 0.15) is 0 Å². The van der Waals surface area contributed by atoms with E-state index in [0.29, 0.717) is 0 Å². The van der Waals surface area contributed by atoms with Crippen molar-refractivity contribution in [2.75, 3.05) is 0 Å². The maximum atomic E-state index is 2.33. The molecule has 0 saturated carbocycles. The molecule has 1 aromatic heterocycles. The molecule has 0 unspecified atom stereocenters. The van der Waals surface area contributed by atoms with Gasteiger partial charge in [-0.1, -0.05) is 6.07 Å². The van der Waals surface area contributed by atoms with Crippen LogP contribution in [0.4, 0.5) is 0 Å². The largest absolute Gasteiger partial charge is 0.151 e. The molecule has 0 fully saturated rings. The summed E-state index contributed by atoms with van der Waals surface area (Å²) in [6.07, 6.45) is 0. The normalized spacial score (nSPS) is 10.5. The average molecular weight is 260 g/mol. The van der Waals surface area contributed by atoms with Gasteiger partial charge < -0.3 is 0 Å². The molecule has 0 atom stereocenters. The van der Waals surface area contributed by atoms with Gasteiger partial charge in [0.1, 0.15) is 0 Å². The van der Waals surface area contributed by atoms with Crippen molar-refractivity contribution in [3.8, 4) is 0 Å². The number of hydrogen-bond donors (Lipinski definition) is 0. The van der Waals surface area contributed by atoms with Gasteiger partial charge in [-0.05, 0) is 56.3 Å². The number of rotatable bonds is 0. The molecule has 2 aromatic rings. The fourth-order valence-electron chi connectivity index (χ4n) is 0.936. The van der Waals surface area contributed by atoms with Gasteiger partial charge in [0.2, 0.25) is 0 Å². The summed E-state index contributed by atoms with van der Waals surface area (Å²) in [5, 5.41) is 7.06. The summed E-state index contributed by atoms with van der Waals surface area (Å²) in [5.41, 5.74) is 0. The van der Waals surface area contributed by atoms with Gasteiger partial charge in [-0.25, -0.2) is 0 Å². The van der Waals surface area contributed by atoms with Gasteiger partial charge in [-0.3, -0.25) is 0 Å². The average Bonchev–Trinajstić information content (AvgIpc) is 2.33. The first-order valence-corrected chi connectivity index (χ1v) is 5.00. The molecule has 2 rings (SSSR count). The van der Waals surface area contributed by atoms with Crippen molar-refractivity contribution in [2.45, 2.75) is 0 Å². The highest BCUT2D eigenvalue weighted by Crippen LogP contribution is 2.20. The predicted octanol–water partition coefficient (Wildman–Crippen LogP) is 3.51. The molecule has 0 aliphatic carbocycles. The van der Waals surface area contributed by atoms with Crippen LogP contribution < -0.4 is 0 Å². The lowest BCUT2D eigenvalue weighted by Gasteiger charge is -1.88. The maximum Gasteiger partial charge on any atom is 0.0136 e. The summed E-state index contributed by atoms with van der Waals surface area (Å²) in [6, 6.07) is 6.50. The Bertz CT molecular complexity index is 351. The molecule has 10 heavy (non-hydrogen) atoms. The van der Waals surface area contributed by atoms with E-state index < -0.39 is 0 Å². The second kappa shape index (κ2) is 2.51. The zero-order valence-electron chi connectivity index (χ0n) is 5.17. The Morgan fingerprint density at radius 2 is 1.90 bits per heavy atom. The fourth-order valence-corrected chi connectivity index (χ4v) is 2.23. The number of thiophene rings is 1. The third-order valence-corrected chi connectivity index (χ3v) is 2.89. The minimum atomic E-state index is 1.31. The van der Waals surface area contributed by atoms with Gasteiger partial charge in [0, 0.05) is 3.57 Å². The van der Waals surface area contributed by atoms with E-state index in [1.54, 1.807) is 11.3 Å². The van der Waals surface area contributed by atoms with Crippen LogP contribution in [0.25, 0.3) is 10.8 Å². The summed E-state index contributed by atoms with van der Waals surface area (Å²) in [6.45, 7) is 0. The molecule has 0 nitrogen and oxygen atoms in total. The SMILES string of the molecule is Ic1ccc2cscc2c1. The van der Waals surface area contributed by atoms with E-state index in [4.69, 9.17) is 0 Å². The van der Waals surface area contributed by atoms with Gasteiger partial charge in [0.05, 0.1) is 0 Å². The van der Waals surface area contributed by atoms with Crippen LogP contribution >= 0.6 is 33.9 Å². The molecule has 0 saturated heterocycles. The molecule has 2 heteroatoms. The van der Waals surface area contributed by atoms with Crippen molar-refractivity contribution in [3.05, 3.63) is 32.5 Å². The number of fused-ring (bicyclic) bond motifs is 1. The predicted molar refractivity (Wildman–Crippen MR) is 54.5 cm³/mol. The Balaban J connectivity index is 2.86. The molecule has 0 aliphatic heterocycles. The Kier molecular flexibility index (Phi) is 1.66. The summed E-state index contributed by atoms with van der Waals surface area (Å²) in [7, 11) is 0. The molecule has 1 aromatic carbocycles. The second-order valence-electron chi connectivity index (χ2n) is 2.15. The van der Waals surface area contributed by atoms with Crippen molar-refractivity contribution in [1.82, 2.24) is 0 Å². The maximum absolute atomic E-state index is 2.33. The first-order chi connectivity index (χ1) is 4.86. The minimum Gasteiger partial charge on any atom is -0.151 e. The van der Waals surface area contributed by atoms with Crippen molar-refractivity contribution in [2.24, 2.45) is 0 Å². The molecule has 0 aliphatic rings. The monoisotopic (exact) mass is 260 g/mol. The Hall–Kier alpha value is -0.0900. The van der Waals surface area contributed by atoms with E-state index in [1.807, 2.05) is 0 Å². The van der Waals surface area contributed by atoms with Crippen LogP contribution in [0.5, 0.6) is 0 Å². The molecule has 0 amide bonds. The summed E-state index contributed by atoms with van der Waals surface area (Å²) >= 11 is 4.09. The van der Waals surface area contributed by atoms with Crippen molar-refractivity contribution in [1.29, 1.82) is 0 Å². The van der Waals surface area contributed by atoms with E-state index in [1.165, 1.54) is 14.3 Å². The van der Waals surface area contributed by atoms with E-state index in [-0.39, 0.29) is 0 Å². The van der Waals surface area contributed by atoms with Crippen molar-refractivity contribution >= 4 is 44.7 Å². The highest BCUT2D eigenvalue weighted by molar-refractivity contribution is 14.1. The molecule has 50 valence electrons. The summed E-state index contributed by atoms with van der Waals surface area (Å²) in [5.74, 6) is 0. The summed E-state index contributed by atoms with van der Waals surface area (Å²) < 4.78 is 1.31. The third-order valence-electron chi connectivity index (χ3n) is 1.44. The lowest BCUT2D eigenvalue weighted by molar-refractivity contribution is 1.75. The first kappa shape index (κ1) is 6.61. The van der Waals surface area contributed by atoms with Crippen LogP contribution in [0.3, 0.4) is 0 Å². The Morgan fingerprint density at radius 1 is 1.10 bits per heavy atom. The van der Waals surface area contributed by atoms with E-state index >= 15 is 0 Å². The van der Waals surface area contributed by atoms with Crippen LogP contribution in [-0.4, -0.2) is 0 Å².